The van der Waals surface area contributed by atoms with Crippen LogP contribution in [0, 0.1) is 0 Å². The van der Waals surface area contributed by atoms with Crippen molar-refractivity contribution in [3.63, 3.8) is 0 Å². The van der Waals surface area contributed by atoms with Gasteiger partial charge in [0.2, 0.25) is 11.7 Å². The van der Waals surface area contributed by atoms with Crippen LogP contribution in [0.2, 0.25) is 0 Å². The molecule has 2 aromatic carbocycles. The number of nitrogens with zero attached hydrogens (tertiary/aromatic N) is 4. The van der Waals surface area contributed by atoms with Gasteiger partial charge in [-0.15, -0.1) is 0 Å². The van der Waals surface area contributed by atoms with E-state index in [4.69, 9.17) is 14.0 Å². The van der Waals surface area contributed by atoms with E-state index >= 15 is 0 Å². The Morgan fingerprint density at radius 2 is 1.94 bits per heavy atom. The largest absolute Gasteiger partial charge is 0.493 e. The molecule has 0 radical (unpaired) electrons. The van der Waals surface area contributed by atoms with Crippen LogP contribution in [0.15, 0.2) is 47.0 Å². The smallest absolute Gasteiger partial charge is 0.254 e. The molecular formula is C23H26N4O4. The van der Waals surface area contributed by atoms with E-state index in [1.807, 2.05) is 54.2 Å². The van der Waals surface area contributed by atoms with Gasteiger partial charge in [0.1, 0.15) is 6.04 Å². The molecule has 4 rings (SSSR count). The van der Waals surface area contributed by atoms with Crippen molar-refractivity contribution < 1.29 is 18.8 Å². The van der Waals surface area contributed by atoms with E-state index in [1.165, 1.54) is 0 Å². The van der Waals surface area contributed by atoms with Gasteiger partial charge in [-0.1, -0.05) is 11.2 Å². The Morgan fingerprint density at radius 1 is 1.13 bits per heavy atom. The summed E-state index contributed by atoms with van der Waals surface area (Å²) >= 11 is 0. The summed E-state index contributed by atoms with van der Waals surface area (Å²) in [6.45, 7) is 0.657. The highest BCUT2D eigenvalue weighted by atomic mass is 16.5. The molecule has 1 aliphatic heterocycles. The van der Waals surface area contributed by atoms with E-state index in [0.717, 1.165) is 24.1 Å². The number of carbonyl (C=O) groups excluding carboxylic acids is 1. The van der Waals surface area contributed by atoms with Crippen molar-refractivity contribution in [1.82, 2.24) is 15.0 Å². The molecule has 1 saturated heterocycles. The van der Waals surface area contributed by atoms with Gasteiger partial charge in [-0.3, -0.25) is 4.79 Å². The van der Waals surface area contributed by atoms with Gasteiger partial charge in [-0.25, -0.2) is 0 Å². The molecule has 0 spiro atoms. The number of anilines is 1. The SMILES string of the molecule is COc1ccc(-c2noc(C3CCCN3C(=O)c3cccc(N(C)C)c3)n2)cc1OC. The maximum absolute atomic E-state index is 13.2. The van der Waals surface area contributed by atoms with Crippen LogP contribution in [0.4, 0.5) is 5.69 Å². The number of methoxy groups -OCH3 is 2. The van der Waals surface area contributed by atoms with Gasteiger partial charge >= 0.3 is 0 Å². The van der Waals surface area contributed by atoms with E-state index < -0.39 is 0 Å². The Hall–Kier alpha value is -3.55. The lowest BCUT2D eigenvalue weighted by Gasteiger charge is -2.22. The Bertz CT molecular complexity index is 1080. The van der Waals surface area contributed by atoms with Crippen molar-refractivity contribution in [1.29, 1.82) is 0 Å². The summed E-state index contributed by atoms with van der Waals surface area (Å²) in [5.41, 5.74) is 2.38. The third-order valence-electron chi connectivity index (χ3n) is 5.49. The first-order valence-electron chi connectivity index (χ1n) is 10.2. The predicted molar refractivity (Wildman–Crippen MR) is 117 cm³/mol. The first kappa shape index (κ1) is 20.7. The zero-order valence-electron chi connectivity index (χ0n) is 18.2. The zero-order valence-corrected chi connectivity index (χ0v) is 18.2. The van der Waals surface area contributed by atoms with Gasteiger partial charge < -0.3 is 23.8 Å². The van der Waals surface area contributed by atoms with E-state index in [2.05, 4.69) is 10.1 Å². The highest BCUT2D eigenvalue weighted by Gasteiger charge is 2.34. The molecule has 0 saturated carbocycles. The zero-order chi connectivity index (χ0) is 22.0. The summed E-state index contributed by atoms with van der Waals surface area (Å²) in [7, 11) is 7.08. The number of hydrogen-bond acceptors (Lipinski definition) is 7. The van der Waals surface area contributed by atoms with Gasteiger partial charge in [-0.2, -0.15) is 4.98 Å². The number of hydrogen-bond donors (Lipinski definition) is 0. The number of benzene rings is 2. The molecule has 0 aliphatic carbocycles. The molecule has 1 aromatic heterocycles. The maximum Gasteiger partial charge on any atom is 0.254 e. The van der Waals surface area contributed by atoms with Gasteiger partial charge in [0.15, 0.2) is 11.5 Å². The van der Waals surface area contributed by atoms with Crippen LogP contribution in [0.5, 0.6) is 11.5 Å². The average Bonchev–Trinajstić information content (AvgIpc) is 3.47. The van der Waals surface area contributed by atoms with Crippen LogP contribution < -0.4 is 14.4 Å². The molecule has 8 nitrogen and oxygen atoms in total. The van der Waals surface area contributed by atoms with Crippen LogP contribution in [0.25, 0.3) is 11.4 Å². The van der Waals surface area contributed by atoms with Crippen molar-refractivity contribution >= 4 is 11.6 Å². The first-order valence-corrected chi connectivity index (χ1v) is 10.2. The summed E-state index contributed by atoms with van der Waals surface area (Å²) in [6, 6.07) is 12.8. The summed E-state index contributed by atoms with van der Waals surface area (Å²) in [4.78, 5) is 21.6. The molecule has 1 fully saturated rings. The molecule has 2 heterocycles. The van der Waals surface area contributed by atoms with E-state index in [1.54, 1.807) is 26.4 Å². The minimum Gasteiger partial charge on any atom is -0.493 e. The minimum absolute atomic E-state index is 0.0305. The van der Waals surface area contributed by atoms with Crippen LogP contribution in [-0.2, 0) is 0 Å². The molecule has 0 N–H and O–H groups in total. The monoisotopic (exact) mass is 422 g/mol. The topological polar surface area (TPSA) is 80.9 Å². The van der Waals surface area contributed by atoms with Crippen molar-refractivity contribution in [2.45, 2.75) is 18.9 Å². The summed E-state index contributed by atoms with van der Waals surface area (Å²) in [5, 5.41) is 4.14. The molecule has 1 amide bonds. The lowest BCUT2D eigenvalue weighted by molar-refractivity contribution is 0.0710. The Kier molecular flexibility index (Phi) is 5.79. The summed E-state index contributed by atoms with van der Waals surface area (Å²) < 4.78 is 16.2. The van der Waals surface area contributed by atoms with E-state index in [0.29, 0.717) is 35.3 Å². The second kappa shape index (κ2) is 8.67. The number of ether oxygens (including phenoxy) is 2. The van der Waals surface area contributed by atoms with Crippen molar-refractivity contribution in [2.24, 2.45) is 0 Å². The van der Waals surface area contributed by atoms with E-state index in [-0.39, 0.29) is 11.9 Å². The van der Waals surface area contributed by atoms with Gasteiger partial charge in [0.25, 0.3) is 5.91 Å². The fraction of sp³-hybridized carbons (Fsp3) is 0.348. The Balaban J connectivity index is 1.58. The molecule has 31 heavy (non-hydrogen) atoms. The number of rotatable bonds is 6. The molecule has 162 valence electrons. The number of amides is 1. The molecule has 3 aromatic rings. The average molecular weight is 422 g/mol. The molecular weight excluding hydrogens is 396 g/mol. The van der Waals surface area contributed by atoms with Crippen molar-refractivity contribution in [3.8, 4) is 22.9 Å². The normalized spacial score (nSPS) is 15.7. The van der Waals surface area contributed by atoms with Gasteiger partial charge in [0.05, 0.1) is 14.2 Å². The molecule has 0 bridgehead atoms. The van der Waals surface area contributed by atoms with Crippen LogP contribution in [0.3, 0.4) is 0 Å². The summed E-state index contributed by atoms with van der Waals surface area (Å²) in [6.07, 6.45) is 1.67. The number of carbonyl (C=O) groups is 1. The Labute approximate surface area is 181 Å². The fourth-order valence-corrected chi connectivity index (χ4v) is 3.81. The number of aromatic nitrogens is 2. The minimum atomic E-state index is -0.239. The van der Waals surface area contributed by atoms with Crippen LogP contribution in [-0.4, -0.2) is 55.8 Å². The highest BCUT2D eigenvalue weighted by Crippen LogP contribution is 2.35. The second-order valence-corrected chi connectivity index (χ2v) is 7.63. The number of likely N-dealkylation sites (tertiary alicyclic amines) is 1. The Morgan fingerprint density at radius 3 is 2.68 bits per heavy atom. The third kappa shape index (κ3) is 4.05. The molecule has 1 unspecified atom stereocenters. The quantitative estimate of drug-likeness (QED) is 0.598. The van der Waals surface area contributed by atoms with Crippen LogP contribution in [0.1, 0.15) is 35.1 Å². The third-order valence-corrected chi connectivity index (χ3v) is 5.49. The van der Waals surface area contributed by atoms with Crippen molar-refractivity contribution in [3.05, 3.63) is 53.9 Å². The molecule has 1 aliphatic rings. The molecule has 1 atom stereocenters. The standard InChI is InChI=1S/C23H26N4O4/c1-26(2)17-8-5-7-16(13-17)23(28)27-12-6-9-18(27)22-24-21(25-31-22)15-10-11-19(29-3)20(14-15)30-4/h5,7-8,10-11,13-14,18H,6,9,12H2,1-4H3. The first-order chi connectivity index (χ1) is 15.0. The lowest BCUT2D eigenvalue weighted by Crippen LogP contribution is -2.30. The predicted octanol–water partition coefficient (Wildman–Crippen LogP) is 3.80. The molecule has 8 heteroatoms. The fourth-order valence-electron chi connectivity index (χ4n) is 3.81. The lowest BCUT2D eigenvalue weighted by atomic mass is 10.1. The van der Waals surface area contributed by atoms with Crippen LogP contribution >= 0.6 is 0 Å². The van der Waals surface area contributed by atoms with Gasteiger partial charge in [0, 0.05) is 37.5 Å². The highest BCUT2D eigenvalue weighted by molar-refractivity contribution is 5.95. The maximum atomic E-state index is 13.2. The summed E-state index contributed by atoms with van der Waals surface area (Å²) in [5.74, 6) is 2.08. The van der Waals surface area contributed by atoms with Crippen molar-refractivity contribution in [2.75, 3.05) is 39.8 Å². The van der Waals surface area contributed by atoms with E-state index in [9.17, 15) is 4.79 Å². The second-order valence-electron chi connectivity index (χ2n) is 7.63. The van der Waals surface area contributed by atoms with Gasteiger partial charge in [-0.05, 0) is 49.2 Å².